The van der Waals surface area contributed by atoms with Gasteiger partial charge in [-0.3, -0.25) is 0 Å². The van der Waals surface area contributed by atoms with Crippen molar-refractivity contribution in [2.45, 2.75) is 121 Å². The van der Waals surface area contributed by atoms with Gasteiger partial charge in [0.05, 0.1) is 0 Å². The van der Waals surface area contributed by atoms with Crippen molar-refractivity contribution in [3.05, 3.63) is 0 Å². The second-order valence-corrected chi connectivity index (χ2v) is 6.53. The summed E-state index contributed by atoms with van der Waals surface area (Å²) < 4.78 is 0. The van der Waals surface area contributed by atoms with Gasteiger partial charge in [0.2, 0.25) is 0 Å². The van der Waals surface area contributed by atoms with Crippen molar-refractivity contribution in [2.24, 2.45) is 17.1 Å². The molecular weight excluding hydrogens is 294 g/mol. The highest BCUT2D eigenvalue weighted by Gasteiger charge is 2.15. The van der Waals surface area contributed by atoms with Crippen LogP contribution in [-0.2, 0) is 4.79 Å². The second-order valence-electron chi connectivity index (χ2n) is 6.53. The molecular formula is C22H53NO. The Morgan fingerprint density at radius 2 is 1.33 bits per heavy atom. The highest BCUT2D eigenvalue weighted by atomic mass is 16.1. The Bertz CT molecular complexity index is 177. The summed E-state index contributed by atoms with van der Waals surface area (Å²) in [5.74, 6) is 0.898. The van der Waals surface area contributed by atoms with Crippen LogP contribution in [0, 0.1) is 11.3 Å². The van der Waals surface area contributed by atoms with Crippen molar-refractivity contribution in [3.63, 3.8) is 0 Å². The van der Waals surface area contributed by atoms with E-state index < -0.39 is 0 Å². The van der Waals surface area contributed by atoms with E-state index in [0.29, 0.717) is 6.42 Å². The molecule has 0 fully saturated rings. The Morgan fingerprint density at radius 3 is 1.58 bits per heavy atom. The van der Waals surface area contributed by atoms with Crippen LogP contribution in [0.4, 0.5) is 0 Å². The molecule has 0 saturated carbocycles. The number of hydrogen-bond acceptors (Lipinski definition) is 2. The molecule has 0 unspecified atom stereocenters. The topological polar surface area (TPSA) is 43.1 Å². The zero-order valence-electron chi connectivity index (χ0n) is 19.3. The molecule has 0 radical (unpaired) electrons. The fraction of sp³-hybridized carbons (Fsp3) is 0.955. The van der Waals surface area contributed by atoms with Crippen LogP contribution in [0.2, 0.25) is 0 Å². The standard InChI is InChI=1S/C11H22O.C6H14.2C2H6.CH5N/c1-4-5-6-7-8-11(2,3)9-10-12;1-4-5-6(2)3;3*1-2/h10H,4-9H2,1-3H3;6H,4-5H2,1-3H3;2*1-2H3;2H2,1H3. The minimum Gasteiger partial charge on any atom is -0.333 e. The van der Waals surface area contributed by atoms with Crippen LogP contribution < -0.4 is 5.73 Å². The van der Waals surface area contributed by atoms with Crippen LogP contribution >= 0.6 is 0 Å². The molecule has 24 heavy (non-hydrogen) atoms. The Kier molecular flexibility index (Phi) is 49.5. The molecule has 2 heteroatoms. The van der Waals surface area contributed by atoms with E-state index in [-0.39, 0.29) is 5.41 Å². The summed E-state index contributed by atoms with van der Waals surface area (Å²) in [5.41, 5.74) is 4.73. The van der Waals surface area contributed by atoms with Gasteiger partial charge in [0, 0.05) is 6.42 Å². The zero-order valence-corrected chi connectivity index (χ0v) is 19.3. The minimum absolute atomic E-state index is 0.232. The number of carbonyl (C=O) groups is 1. The Hall–Kier alpha value is -0.370. The first-order valence-electron chi connectivity index (χ1n) is 10.4. The van der Waals surface area contributed by atoms with E-state index in [9.17, 15) is 4.79 Å². The average Bonchev–Trinajstić information content (AvgIpc) is 2.58. The molecule has 2 nitrogen and oxygen atoms in total. The van der Waals surface area contributed by atoms with Crippen molar-refractivity contribution >= 4 is 6.29 Å². The van der Waals surface area contributed by atoms with Crippen molar-refractivity contribution in [3.8, 4) is 0 Å². The average molecular weight is 348 g/mol. The number of hydrogen-bond donors (Lipinski definition) is 1. The quantitative estimate of drug-likeness (QED) is 0.344. The maximum absolute atomic E-state index is 10.3. The molecule has 152 valence electrons. The van der Waals surface area contributed by atoms with Gasteiger partial charge in [-0.05, 0) is 24.8 Å². The van der Waals surface area contributed by atoms with Gasteiger partial charge in [-0.15, -0.1) is 0 Å². The van der Waals surface area contributed by atoms with Crippen molar-refractivity contribution in [1.82, 2.24) is 0 Å². The first kappa shape index (κ1) is 34.9. The molecule has 0 aromatic heterocycles. The number of nitrogens with two attached hydrogens (primary N) is 1. The lowest BCUT2D eigenvalue weighted by molar-refractivity contribution is -0.109. The summed E-state index contributed by atoms with van der Waals surface area (Å²) >= 11 is 0. The van der Waals surface area contributed by atoms with Gasteiger partial charge in [0.15, 0.2) is 0 Å². The van der Waals surface area contributed by atoms with E-state index in [1.165, 1.54) is 52.0 Å². The smallest absolute Gasteiger partial charge is 0.120 e. The summed E-state index contributed by atoms with van der Waals surface area (Å²) in [5, 5.41) is 0. The predicted molar refractivity (Wildman–Crippen MR) is 116 cm³/mol. The highest BCUT2D eigenvalue weighted by Crippen LogP contribution is 2.26. The molecule has 0 spiro atoms. The van der Waals surface area contributed by atoms with E-state index >= 15 is 0 Å². The number of aldehydes is 1. The van der Waals surface area contributed by atoms with Gasteiger partial charge in [0.1, 0.15) is 6.29 Å². The fourth-order valence-corrected chi connectivity index (χ4v) is 1.94. The van der Waals surface area contributed by atoms with Gasteiger partial charge in [-0.25, -0.2) is 0 Å². The first-order valence-corrected chi connectivity index (χ1v) is 10.4. The van der Waals surface area contributed by atoms with Crippen molar-refractivity contribution in [2.75, 3.05) is 7.05 Å². The molecule has 0 amide bonds. The molecule has 0 atom stereocenters. The lowest BCUT2D eigenvalue weighted by Gasteiger charge is -2.21. The molecule has 0 aliphatic rings. The van der Waals surface area contributed by atoms with Crippen LogP contribution in [0.15, 0.2) is 0 Å². The molecule has 0 aliphatic carbocycles. The normalized spacial score (nSPS) is 9.04. The lowest BCUT2D eigenvalue weighted by atomic mass is 9.84. The van der Waals surface area contributed by atoms with Crippen LogP contribution in [0.1, 0.15) is 121 Å². The molecule has 0 aromatic rings. The van der Waals surface area contributed by atoms with Gasteiger partial charge < -0.3 is 10.5 Å². The molecule has 0 rings (SSSR count). The minimum atomic E-state index is 0.232. The number of carbonyl (C=O) groups excluding carboxylic acids is 1. The SMILES string of the molecule is CC.CC.CCCC(C)C.CCCCCCC(C)(C)CC=O.CN. The van der Waals surface area contributed by atoms with Crippen LogP contribution in [-0.4, -0.2) is 13.3 Å². The summed E-state index contributed by atoms with van der Waals surface area (Å²) in [6.45, 7) is 21.3. The summed E-state index contributed by atoms with van der Waals surface area (Å²) in [6.07, 6.45) is 10.8. The van der Waals surface area contributed by atoms with Crippen LogP contribution in [0.3, 0.4) is 0 Å². The monoisotopic (exact) mass is 347 g/mol. The van der Waals surface area contributed by atoms with Gasteiger partial charge >= 0.3 is 0 Å². The van der Waals surface area contributed by atoms with Crippen LogP contribution in [0.5, 0.6) is 0 Å². The molecule has 0 heterocycles. The maximum Gasteiger partial charge on any atom is 0.120 e. The largest absolute Gasteiger partial charge is 0.333 e. The third-order valence-corrected chi connectivity index (χ3v) is 3.21. The first-order chi connectivity index (χ1) is 11.4. The van der Waals surface area contributed by atoms with E-state index in [1.54, 1.807) is 0 Å². The summed E-state index contributed by atoms with van der Waals surface area (Å²) in [4.78, 5) is 10.3. The molecule has 2 N–H and O–H groups in total. The second kappa shape index (κ2) is 34.1. The van der Waals surface area contributed by atoms with Crippen molar-refractivity contribution < 1.29 is 4.79 Å². The highest BCUT2D eigenvalue weighted by molar-refractivity contribution is 5.50. The Labute approximate surface area is 156 Å². The van der Waals surface area contributed by atoms with Crippen LogP contribution in [0.25, 0.3) is 0 Å². The summed E-state index contributed by atoms with van der Waals surface area (Å²) in [7, 11) is 1.50. The molecule has 0 saturated heterocycles. The number of rotatable bonds is 9. The molecule has 0 aromatic carbocycles. The fourth-order valence-electron chi connectivity index (χ4n) is 1.94. The van der Waals surface area contributed by atoms with Crippen molar-refractivity contribution in [1.29, 1.82) is 0 Å². The van der Waals surface area contributed by atoms with Gasteiger partial charge in [-0.2, -0.15) is 0 Å². The lowest BCUT2D eigenvalue weighted by Crippen LogP contribution is -2.11. The van der Waals surface area contributed by atoms with E-state index in [4.69, 9.17) is 0 Å². The molecule has 0 bridgehead atoms. The maximum atomic E-state index is 10.3. The number of unbranched alkanes of at least 4 members (excludes halogenated alkanes) is 3. The van der Waals surface area contributed by atoms with Gasteiger partial charge in [-0.1, -0.05) is 108 Å². The van der Waals surface area contributed by atoms with E-state index in [1.807, 2.05) is 27.7 Å². The predicted octanol–water partition coefficient (Wildman–Crippen LogP) is 7.64. The third kappa shape index (κ3) is 49.6. The third-order valence-electron chi connectivity index (χ3n) is 3.21. The summed E-state index contributed by atoms with van der Waals surface area (Å²) in [6, 6.07) is 0. The van der Waals surface area contributed by atoms with Gasteiger partial charge in [0.25, 0.3) is 0 Å². The molecule has 0 aliphatic heterocycles. The Morgan fingerprint density at radius 1 is 0.875 bits per heavy atom. The van der Waals surface area contributed by atoms with E-state index in [0.717, 1.165) is 12.2 Å². The Balaban J connectivity index is -0.0000000843. The van der Waals surface area contributed by atoms with E-state index in [2.05, 4.69) is 47.3 Å². The zero-order chi connectivity index (χ0) is 20.4.